The maximum atomic E-state index is 10.9. The highest BCUT2D eigenvalue weighted by Gasteiger charge is 2.07. The van der Waals surface area contributed by atoms with Crippen LogP contribution in [-0.4, -0.2) is 44.7 Å². The Kier molecular flexibility index (Phi) is 4.83. The second-order valence-electron chi connectivity index (χ2n) is 2.30. The van der Waals surface area contributed by atoms with Gasteiger partial charge in [0.25, 0.3) is 0 Å². The molecule has 0 unspecified atom stereocenters. The number of urea groups is 1. The van der Waals surface area contributed by atoms with Crippen molar-refractivity contribution in [2.24, 2.45) is 0 Å². The van der Waals surface area contributed by atoms with Crippen LogP contribution < -0.4 is 5.32 Å². The number of nitrogens with one attached hydrogen (secondary N) is 1. The fourth-order valence-corrected chi connectivity index (χ4v) is 0.653. The molecule has 0 saturated heterocycles. The number of esters is 1. The smallest absolute Gasteiger partial charge is 0.316 e. The maximum absolute atomic E-state index is 10.9. The van der Waals surface area contributed by atoms with Gasteiger partial charge in [-0.05, 0) is 0 Å². The van der Waals surface area contributed by atoms with Crippen LogP contribution in [-0.2, 0) is 9.53 Å². The van der Waals surface area contributed by atoms with Gasteiger partial charge in [-0.25, -0.2) is 4.79 Å². The lowest BCUT2D eigenvalue weighted by Gasteiger charge is -2.14. The van der Waals surface area contributed by atoms with Gasteiger partial charge in [0.1, 0.15) is 0 Å². The van der Waals surface area contributed by atoms with Crippen LogP contribution in [0.3, 0.4) is 0 Å². The van der Waals surface area contributed by atoms with Crippen molar-refractivity contribution >= 4 is 12.0 Å². The van der Waals surface area contributed by atoms with Crippen molar-refractivity contribution in [3.8, 4) is 0 Å². The van der Waals surface area contributed by atoms with E-state index in [1.54, 1.807) is 7.05 Å². The first kappa shape index (κ1) is 10.7. The molecule has 0 heterocycles. The van der Waals surface area contributed by atoms with Crippen LogP contribution in [0.25, 0.3) is 0 Å². The predicted octanol–water partition coefficient (Wildman–Crippen LogP) is -0.179. The lowest BCUT2D eigenvalue weighted by atomic mass is 10.4. The summed E-state index contributed by atoms with van der Waals surface area (Å²) in [6, 6.07) is -0.209. The number of hydrogen-bond donors (Lipinski definition) is 1. The summed E-state index contributed by atoms with van der Waals surface area (Å²) in [6.45, 7) is 0.367. The van der Waals surface area contributed by atoms with Crippen molar-refractivity contribution in [1.82, 2.24) is 10.2 Å². The fourth-order valence-electron chi connectivity index (χ4n) is 0.653. The van der Waals surface area contributed by atoms with E-state index in [2.05, 4.69) is 10.1 Å². The zero-order valence-corrected chi connectivity index (χ0v) is 7.59. The Morgan fingerprint density at radius 3 is 2.50 bits per heavy atom. The number of rotatable bonds is 3. The molecular weight excluding hydrogens is 160 g/mol. The first-order valence-corrected chi connectivity index (χ1v) is 3.61. The second-order valence-corrected chi connectivity index (χ2v) is 2.30. The summed E-state index contributed by atoms with van der Waals surface area (Å²) in [5, 5.41) is 2.44. The average molecular weight is 174 g/mol. The van der Waals surface area contributed by atoms with E-state index in [-0.39, 0.29) is 18.4 Å². The van der Waals surface area contributed by atoms with E-state index in [9.17, 15) is 9.59 Å². The largest absolute Gasteiger partial charge is 0.469 e. The Labute approximate surface area is 71.7 Å². The number of ether oxygens (including phenoxy) is 1. The molecule has 0 aromatic rings. The van der Waals surface area contributed by atoms with Crippen LogP contribution in [0, 0.1) is 0 Å². The highest BCUT2D eigenvalue weighted by atomic mass is 16.5. The zero-order chi connectivity index (χ0) is 9.56. The van der Waals surface area contributed by atoms with Crippen molar-refractivity contribution in [3.63, 3.8) is 0 Å². The summed E-state index contributed by atoms with van der Waals surface area (Å²) in [5.41, 5.74) is 0. The molecule has 12 heavy (non-hydrogen) atoms. The van der Waals surface area contributed by atoms with Crippen molar-refractivity contribution in [2.75, 3.05) is 27.7 Å². The van der Waals surface area contributed by atoms with Gasteiger partial charge in [-0.1, -0.05) is 0 Å². The summed E-state index contributed by atoms with van der Waals surface area (Å²) < 4.78 is 4.42. The van der Waals surface area contributed by atoms with Crippen LogP contribution in [0.5, 0.6) is 0 Å². The normalized spacial score (nSPS) is 8.92. The van der Waals surface area contributed by atoms with Crippen LogP contribution >= 0.6 is 0 Å². The molecule has 5 nitrogen and oxygen atoms in total. The van der Waals surface area contributed by atoms with Crippen molar-refractivity contribution < 1.29 is 14.3 Å². The summed E-state index contributed by atoms with van der Waals surface area (Å²) in [7, 11) is 4.47. The van der Waals surface area contributed by atoms with Gasteiger partial charge in [0.15, 0.2) is 0 Å². The van der Waals surface area contributed by atoms with Gasteiger partial charge in [0, 0.05) is 20.6 Å². The Hall–Kier alpha value is -1.26. The van der Waals surface area contributed by atoms with E-state index in [1.165, 1.54) is 19.1 Å². The molecule has 2 amide bonds. The van der Waals surface area contributed by atoms with E-state index in [4.69, 9.17) is 0 Å². The maximum Gasteiger partial charge on any atom is 0.316 e. The third-order valence-electron chi connectivity index (χ3n) is 1.44. The molecule has 0 fully saturated rings. The monoisotopic (exact) mass is 174 g/mol. The minimum Gasteiger partial charge on any atom is -0.469 e. The molecule has 0 atom stereocenters. The zero-order valence-electron chi connectivity index (χ0n) is 7.59. The molecule has 0 aliphatic carbocycles. The summed E-state index contributed by atoms with van der Waals surface area (Å²) in [4.78, 5) is 22.9. The molecule has 0 spiro atoms. The molecule has 0 aromatic carbocycles. The molecule has 0 aliphatic rings. The lowest BCUT2D eigenvalue weighted by Crippen LogP contribution is -2.36. The number of hydrogen-bond acceptors (Lipinski definition) is 3. The topological polar surface area (TPSA) is 58.6 Å². The van der Waals surface area contributed by atoms with Gasteiger partial charge in [0.2, 0.25) is 0 Å². The van der Waals surface area contributed by atoms with Crippen molar-refractivity contribution in [2.45, 2.75) is 6.42 Å². The van der Waals surface area contributed by atoms with E-state index in [0.29, 0.717) is 6.54 Å². The molecule has 70 valence electrons. The second kappa shape index (κ2) is 5.40. The third kappa shape index (κ3) is 3.80. The number of carbonyl (C=O) groups is 2. The minimum atomic E-state index is -0.314. The predicted molar refractivity (Wildman–Crippen MR) is 43.7 cm³/mol. The molecule has 5 heteroatoms. The van der Waals surface area contributed by atoms with Crippen LogP contribution in [0.2, 0.25) is 0 Å². The van der Waals surface area contributed by atoms with Gasteiger partial charge >= 0.3 is 12.0 Å². The minimum absolute atomic E-state index is 0.209. The molecular formula is C7H14N2O3. The average Bonchev–Trinajstić information content (AvgIpc) is 2.11. The third-order valence-corrected chi connectivity index (χ3v) is 1.44. The number of methoxy groups -OCH3 is 1. The van der Waals surface area contributed by atoms with Crippen LogP contribution in [0.1, 0.15) is 6.42 Å². The van der Waals surface area contributed by atoms with E-state index in [1.807, 2.05) is 0 Å². The quantitative estimate of drug-likeness (QED) is 0.604. The molecule has 0 rings (SSSR count). The van der Waals surface area contributed by atoms with Gasteiger partial charge in [0.05, 0.1) is 13.5 Å². The molecule has 0 bridgehead atoms. The van der Waals surface area contributed by atoms with Crippen LogP contribution in [0.15, 0.2) is 0 Å². The number of nitrogens with zero attached hydrogens (tertiary/aromatic N) is 1. The van der Waals surface area contributed by atoms with Gasteiger partial charge in [-0.2, -0.15) is 0 Å². The first-order chi connectivity index (χ1) is 5.61. The Bertz CT molecular complexity index is 170. The number of amides is 2. The Morgan fingerprint density at radius 1 is 1.50 bits per heavy atom. The summed E-state index contributed by atoms with van der Waals surface area (Å²) in [6.07, 6.45) is 0.223. The van der Waals surface area contributed by atoms with E-state index >= 15 is 0 Å². The van der Waals surface area contributed by atoms with Crippen molar-refractivity contribution in [1.29, 1.82) is 0 Å². The lowest BCUT2D eigenvalue weighted by molar-refractivity contribution is -0.140. The summed E-state index contributed by atoms with van der Waals surface area (Å²) in [5.74, 6) is -0.314. The van der Waals surface area contributed by atoms with Gasteiger partial charge < -0.3 is 15.0 Å². The molecule has 0 saturated carbocycles. The van der Waals surface area contributed by atoms with Gasteiger partial charge in [-0.3, -0.25) is 4.79 Å². The van der Waals surface area contributed by atoms with Crippen molar-refractivity contribution in [3.05, 3.63) is 0 Å². The van der Waals surface area contributed by atoms with Gasteiger partial charge in [-0.15, -0.1) is 0 Å². The van der Waals surface area contributed by atoms with E-state index < -0.39 is 0 Å². The molecule has 0 radical (unpaired) electrons. The van der Waals surface area contributed by atoms with Crippen LogP contribution in [0.4, 0.5) is 4.79 Å². The molecule has 0 aliphatic heterocycles. The highest BCUT2D eigenvalue weighted by molar-refractivity contribution is 5.75. The standard InChI is InChI=1S/C7H14N2O3/c1-8-7(11)9(2)5-4-6(10)12-3/h4-5H2,1-3H3,(H,8,11). The fraction of sp³-hybridized carbons (Fsp3) is 0.714. The summed E-state index contributed by atoms with van der Waals surface area (Å²) >= 11 is 0. The van der Waals surface area contributed by atoms with E-state index in [0.717, 1.165) is 0 Å². The first-order valence-electron chi connectivity index (χ1n) is 3.61. The SMILES string of the molecule is CNC(=O)N(C)CCC(=O)OC. The highest BCUT2D eigenvalue weighted by Crippen LogP contribution is 1.89. The Balaban J connectivity index is 3.63. The molecule has 1 N–H and O–H groups in total. The molecule has 0 aromatic heterocycles. The number of carbonyl (C=O) groups excluding carboxylic acids is 2. The Morgan fingerprint density at radius 2 is 2.08 bits per heavy atom.